The zero-order valence-electron chi connectivity index (χ0n) is 15.9. The summed E-state index contributed by atoms with van der Waals surface area (Å²) in [5, 5.41) is 12.8. The highest BCUT2D eigenvalue weighted by molar-refractivity contribution is 6.43. The van der Waals surface area contributed by atoms with Gasteiger partial charge in [-0.1, -0.05) is 66.7 Å². The first kappa shape index (κ1) is 15.8. The van der Waals surface area contributed by atoms with Gasteiger partial charge in [-0.15, -0.1) is 0 Å². The van der Waals surface area contributed by atoms with E-state index in [1.54, 1.807) is 0 Å². The van der Waals surface area contributed by atoms with Crippen molar-refractivity contribution in [1.29, 1.82) is 0 Å². The predicted molar refractivity (Wildman–Crippen MR) is 126 cm³/mol. The molecule has 0 saturated heterocycles. The second-order valence-electron chi connectivity index (χ2n) is 7.98. The van der Waals surface area contributed by atoms with Gasteiger partial charge < -0.3 is 0 Å². The molecule has 0 aromatic heterocycles. The summed E-state index contributed by atoms with van der Waals surface area (Å²) in [7, 11) is 0. The fraction of sp³-hybridized carbons (Fsp3) is 0. The molecule has 0 radical (unpaired) electrons. The van der Waals surface area contributed by atoms with E-state index in [1.807, 2.05) is 24.3 Å². The summed E-state index contributed by atoms with van der Waals surface area (Å²) in [5.41, 5.74) is -0.880. The third-order valence-electron chi connectivity index (χ3n) is 6.55. The Hall–Kier alpha value is -4.04. The summed E-state index contributed by atoms with van der Waals surface area (Å²) in [4.78, 5) is 25.0. The molecule has 0 aliphatic heterocycles. The summed E-state index contributed by atoms with van der Waals surface area (Å²) >= 11 is 0. The molecule has 0 aliphatic carbocycles. The average Bonchev–Trinajstić information content (AvgIpc) is 2.80. The van der Waals surface area contributed by atoms with Crippen molar-refractivity contribution >= 4 is 64.6 Å². The van der Waals surface area contributed by atoms with Crippen LogP contribution >= 0.6 is 0 Å². The van der Waals surface area contributed by atoms with Gasteiger partial charge in [-0.2, -0.15) is 0 Å². The minimum absolute atomic E-state index is 0.425. The first-order valence-electron chi connectivity index (χ1n) is 10.0. The van der Waals surface area contributed by atoms with E-state index in [2.05, 4.69) is 54.6 Å². The third-order valence-corrected chi connectivity index (χ3v) is 6.55. The lowest BCUT2D eigenvalue weighted by Crippen LogP contribution is -2.22. The smallest absolute Gasteiger partial charge is 0.233 e. The Morgan fingerprint density at radius 1 is 0.367 bits per heavy atom. The van der Waals surface area contributed by atoms with E-state index < -0.39 is 10.9 Å². The molecule has 0 aliphatic rings. The van der Waals surface area contributed by atoms with E-state index >= 15 is 0 Å². The zero-order valence-corrected chi connectivity index (χ0v) is 15.9. The molecule has 0 unspecified atom stereocenters. The molecule has 7 aromatic carbocycles. The molecule has 2 nitrogen and oxygen atoms in total. The minimum Gasteiger partial charge on any atom is -0.286 e. The summed E-state index contributed by atoms with van der Waals surface area (Å²) < 4.78 is 0. The van der Waals surface area contributed by atoms with E-state index in [0.29, 0.717) is 5.39 Å². The van der Waals surface area contributed by atoms with Crippen LogP contribution in [0.4, 0.5) is 0 Å². The molecule has 138 valence electrons. The molecule has 0 atom stereocenters. The van der Waals surface area contributed by atoms with Crippen molar-refractivity contribution in [3.05, 3.63) is 105 Å². The number of benzene rings is 7. The summed E-state index contributed by atoms with van der Waals surface area (Å²) in [5.74, 6) is 0. The van der Waals surface area contributed by atoms with Gasteiger partial charge in [0.05, 0.1) is 0 Å². The largest absolute Gasteiger partial charge is 0.286 e. The van der Waals surface area contributed by atoms with Crippen LogP contribution in [-0.4, -0.2) is 0 Å². The Bertz CT molecular complexity index is 1920. The van der Waals surface area contributed by atoms with Crippen molar-refractivity contribution in [2.24, 2.45) is 0 Å². The van der Waals surface area contributed by atoms with Crippen LogP contribution in [0.1, 0.15) is 0 Å². The highest BCUT2D eigenvalue weighted by Gasteiger charge is 2.19. The Balaban J connectivity index is 2.04. The molecule has 0 fully saturated rings. The number of hydrogen-bond donors (Lipinski definition) is 0. The molecule has 0 amide bonds. The van der Waals surface area contributed by atoms with Crippen LogP contribution in [0.5, 0.6) is 0 Å². The van der Waals surface area contributed by atoms with Crippen molar-refractivity contribution in [3.63, 3.8) is 0 Å². The van der Waals surface area contributed by atoms with Crippen molar-refractivity contribution < 1.29 is 0 Å². The average molecular weight is 382 g/mol. The van der Waals surface area contributed by atoms with Gasteiger partial charge in [-0.25, -0.2) is 0 Å². The maximum Gasteiger partial charge on any atom is 0.233 e. The van der Waals surface area contributed by atoms with Gasteiger partial charge >= 0.3 is 0 Å². The van der Waals surface area contributed by atoms with Crippen LogP contribution in [0, 0.1) is 0 Å². The van der Waals surface area contributed by atoms with Crippen LogP contribution in [0.2, 0.25) is 0 Å². The second-order valence-corrected chi connectivity index (χ2v) is 7.98. The molecule has 7 rings (SSSR count). The number of fused-ring (bicyclic) bond motifs is 8. The summed E-state index contributed by atoms with van der Waals surface area (Å²) in [6.45, 7) is 0. The molecule has 0 bridgehead atoms. The van der Waals surface area contributed by atoms with E-state index in [9.17, 15) is 9.59 Å². The predicted octanol–water partition coefficient (Wildman–Crippen LogP) is 6.20. The first-order chi connectivity index (χ1) is 14.7. The van der Waals surface area contributed by atoms with Gasteiger partial charge in [0, 0.05) is 5.39 Å². The van der Waals surface area contributed by atoms with Crippen LogP contribution in [0.3, 0.4) is 0 Å². The first-order valence-corrected chi connectivity index (χ1v) is 10.0. The van der Waals surface area contributed by atoms with E-state index in [-0.39, 0.29) is 0 Å². The van der Waals surface area contributed by atoms with Crippen LogP contribution in [0.15, 0.2) is 94.5 Å². The third kappa shape index (κ3) is 1.75. The van der Waals surface area contributed by atoms with Crippen molar-refractivity contribution in [3.8, 4) is 0 Å². The lowest BCUT2D eigenvalue weighted by Gasteiger charge is -2.18. The maximum atomic E-state index is 12.9. The monoisotopic (exact) mass is 382 g/mol. The fourth-order valence-electron chi connectivity index (χ4n) is 5.34. The number of rotatable bonds is 0. The normalized spacial score (nSPS) is 12.3. The van der Waals surface area contributed by atoms with E-state index in [1.165, 1.54) is 33.0 Å². The van der Waals surface area contributed by atoms with Crippen molar-refractivity contribution in [1.82, 2.24) is 0 Å². The lowest BCUT2D eigenvalue weighted by atomic mass is 9.84. The van der Waals surface area contributed by atoms with Crippen LogP contribution in [-0.2, 0) is 0 Å². The Morgan fingerprint density at radius 2 is 0.833 bits per heavy atom. The van der Waals surface area contributed by atoms with Gasteiger partial charge in [-0.05, 0) is 77.4 Å². The Labute approximate surface area is 170 Å². The van der Waals surface area contributed by atoms with Gasteiger partial charge in [-0.3, -0.25) is 9.59 Å². The number of hydrogen-bond acceptors (Lipinski definition) is 2. The van der Waals surface area contributed by atoms with E-state index in [4.69, 9.17) is 0 Å². The Kier molecular flexibility index (Phi) is 2.80. The van der Waals surface area contributed by atoms with Crippen molar-refractivity contribution in [2.45, 2.75) is 0 Å². The highest BCUT2D eigenvalue weighted by atomic mass is 16.2. The standard InChI is InChI=1S/C28H14O2/c29-24-13-12-21-23(28(24)30)14-22-16-7-2-1-6-15(16)19-10-5-11-20-17-8-3-4-9-18(17)26(21)27(22)25(19)20/h1-14H. The van der Waals surface area contributed by atoms with E-state index in [0.717, 1.165) is 32.3 Å². The van der Waals surface area contributed by atoms with Gasteiger partial charge in [0.15, 0.2) is 0 Å². The van der Waals surface area contributed by atoms with Crippen molar-refractivity contribution in [2.75, 3.05) is 0 Å². The lowest BCUT2D eigenvalue weighted by molar-refractivity contribution is 1.55. The van der Waals surface area contributed by atoms with Gasteiger partial charge in [0.1, 0.15) is 0 Å². The molecule has 7 aromatic rings. The topological polar surface area (TPSA) is 34.1 Å². The molecule has 0 spiro atoms. The maximum absolute atomic E-state index is 12.9. The minimum atomic E-state index is -0.455. The van der Waals surface area contributed by atoms with Crippen LogP contribution in [0.25, 0.3) is 64.6 Å². The molecule has 0 saturated carbocycles. The molecule has 30 heavy (non-hydrogen) atoms. The Morgan fingerprint density at radius 3 is 1.47 bits per heavy atom. The molecular weight excluding hydrogens is 368 g/mol. The highest BCUT2D eigenvalue weighted by Crippen LogP contribution is 2.46. The quantitative estimate of drug-likeness (QED) is 0.178. The van der Waals surface area contributed by atoms with Crippen LogP contribution < -0.4 is 10.9 Å². The SMILES string of the molecule is O=c1ccc2c(cc3c4ccccc4c4cccc5c6ccccc6c2c3c45)c1=O. The summed E-state index contributed by atoms with van der Waals surface area (Å²) in [6.07, 6.45) is 0. The molecule has 2 heteroatoms. The summed E-state index contributed by atoms with van der Waals surface area (Å²) in [6, 6.07) is 28.3. The molecular formula is C28H14O2. The fourth-order valence-corrected chi connectivity index (χ4v) is 5.34. The second kappa shape index (κ2) is 5.31. The van der Waals surface area contributed by atoms with Gasteiger partial charge in [0.2, 0.25) is 10.9 Å². The molecule has 0 heterocycles. The zero-order chi connectivity index (χ0) is 20.0. The molecule has 0 N–H and O–H groups in total. The van der Waals surface area contributed by atoms with Gasteiger partial charge in [0.25, 0.3) is 0 Å².